The van der Waals surface area contributed by atoms with Crippen LogP contribution in [0.1, 0.15) is 25.8 Å². The van der Waals surface area contributed by atoms with Crippen molar-refractivity contribution in [2.75, 3.05) is 23.8 Å². The van der Waals surface area contributed by atoms with E-state index in [2.05, 4.69) is 35.0 Å². The van der Waals surface area contributed by atoms with Crippen molar-refractivity contribution in [1.82, 2.24) is 14.7 Å². The molecule has 1 saturated heterocycles. The van der Waals surface area contributed by atoms with Crippen LogP contribution in [0.2, 0.25) is 0 Å². The van der Waals surface area contributed by atoms with Crippen molar-refractivity contribution >= 4 is 27.6 Å². The summed E-state index contributed by atoms with van der Waals surface area (Å²) in [6.07, 6.45) is 2.29. The summed E-state index contributed by atoms with van der Waals surface area (Å²) in [4.78, 5) is 16.2. The van der Waals surface area contributed by atoms with Gasteiger partial charge in [-0.2, -0.15) is 9.57 Å². The second-order valence-electron chi connectivity index (χ2n) is 7.54. The number of anilines is 2. The molecule has 1 aromatic heterocycles. The molecule has 3 N–H and O–H groups in total. The van der Waals surface area contributed by atoms with Gasteiger partial charge in [0.15, 0.2) is 0 Å². The Morgan fingerprint density at radius 3 is 2.57 bits per heavy atom. The summed E-state index contributed by atoms with van der Waals surface area (Å²) in [6, 6.07) is 10.9. The van der Waals surface area contributed by atoms with Crippen LogP contribution >= 0.6 is 0 Å². The predicted octanol–water partition coefficient (Wildman–Crippen LogP) is 2.77. The number of hydrogen-bond donors (Lipinski definition) is 3. The lowest BCUT2D eigenvalue weighted by atomic mass is 9.94. The van der Waals surface area contributed by atoms with Gasteiger partial charge in [-0.15, -0.1) is 0 Å². The maximum Gasteiger partial charge on any atom is 0.337 e. The van der Waals surface area contributed by atoms with Crippen molar-refractivity contribution < 1.29 is 13.2 Å². The first-order valence-corrected chi connectivity index (χ1v) is 11.0. The molecule has 0 aliphatic carbocycles. The first kappa shape index (κ1) is 21.5. The van der Waals surface area contributed by atoms with Gasteiger partial charge in [-0.05, 0) is 48.6 Å². The lowest BCUT2D eigenvalue weighted by Gasteiger charge is -2.33. The van der Waals surface area contributed by atoms with Crippen LogP contribution in [0.25, 0.3) is 0 Å². The van der Waals surface area contributed by atoms with Gasteiger partial charge in [0.05, 0.1) is 11.6 Å². The molecule has 0 bridgehead atoms. The van der Waals surface area contributed by atoms with E-state index in [0.29, 0.717) is 36.2 Å². The van der Waals surface area contributed by atoms with Gasteiger partial charge in [0.1, 0.15) is 10.7 Å². The summed E-state index contributed by atoms with van der Waals surface area (Å²) in [6.45, 7) is 5.11. The summed E-state index contributed by atoms with van der Waals surface area (Å²) in [5, 5.41) is 11.5. The fraction of sp³-hybridized carbons (Fsp3) is 0.350. The molecule has 1 aliphatic rings. The van der Waals surface area contributed by atoms with Gasteiger partial charge in [-0.25, -0.2) is 18.2 Å². The van der Waals surface area contributed by atoms with E-state index in [1.807, 2.05) is 6.07 Å². The van der Waals surface area contributed by atoms with E-state index >= 15 is 0 Å². The minimum atomic E-state index is -3.61. The van der Waals surface area contributed by atoms with Gasteiger partial charge in [0.25, 0.3) is 0 Å². The number of pyridine rings is 1. The Bertz CT molecular complexity index is 1040. The number of hydrogen-bond acceptors (Lipinski definition) is 6. The number of carbonyl (C=O) groups excluding carboxylic acids is 1. The summed E-state index contributed by atoms with van der Waals surface area (Å²) < 4.78 is 27.3. The largest absolute Gasteiger partial charge is 0.337 e. The summed E-state index contributed by atoms with van der Waals surface area (Å²) in [5.74, 6) is 0.915. The molecule has 30 heavy (non-hydrogen) atoms. The number of urea groups is 1. The van der Waals surface area contributed by atoms with Gasteiger partial charge in [-0.3, -0.25) is 10.9 Å². The minimum Gasteiger partial charge on any atom is -0.307 e. The molecular formula is C20H24N6O3S. The molecule has 2 atom stereocenters. The first-order chi connectivity index (χ1) is 14.3. The highest BCUT2D eigenvalue weighted by atomic mass is 32.2. The van der Waals surface area contributed by atoms with Crippen LogP contribution in [-0.4, -0.2) is 36.8 Å². The average molecular weight is 429 g/mol. The Morgan fingerprint density at radius 1 is 1.20 bits per heavy atom. The average Bonchev–Trinajstić information content (AvgIpc) is 2.72. The van der Waals surface area contributed by atoms with Crippen molar-refractivity contribution in [2.24, 2.45) is 11.8 Å². The number of piperidine rings is 1. The molecule has 1 aromatic carbocycles. The molecule has 2 amide bonds. The van der Waals surface area contributed by atoms with Crippen LogP contribution in [0.4, 0.5) is 16.3 Å². The second kappa shape index (κ2) is 9.11. The number of nitrogens with zero attached hydrogens (tertiary/aromatic N) is 3. The third-order valence-corrected chi connectivity index (χ3v) is 6.58. The number of sulfonamides is 1. The standard InChI is InChI=1S/C20H24N6O3S/c1-14-8-15(2)13-26(12-14)30(28,29)18-6-7-19(22-11-18)24-25-20(27)23-17-5-3-4-16(9-17)10-21/h3-7,9,11,14-15H,8,12-13H2,1-2H3,(H,22,24)(H2,23,25,27). The lowest BCUT2D eigenvalue weighted by Crippen LogP contribution is -2.42. The second-order valence-corrected chi connectivity index (χ2v) is 9.48. The number of carbonyl (C=O) groups is 1. The van der Waals surface area contributed by atoms with Gasteiger partial charge in [-0.1, -0.05) is 19.9 Å². The van der Waals surface area contributed by atoms with Crippen LogP contribution in [0, 0.1) is 23.2 Å². The molecule has 0 spiro atoms. The normalized spacial score (nSPS) is 19.5. The number of aromatic nitrogens is 1. The topological polar surface area (TPSA) is 127 Å². The Balaban J connectivity index is 1.59. The molecule has 10 heteroatoms. The van der Waals surface area contributed by atoms with E-state index < -0.39 is 16.1 Å². The molecule has 2 unspecified atom stereocenters. The molecule has 9 nitrogen and oxygen atoms in total. The molecule has 158 valence electrons. The Hall–Kier alpha value is -3.16. The maximum absolute atomic E-state index is 12.9. The quantitative estimate of drug-likeness (QED) is 0.629. The molecule has 3 rings (SSSR count). The zero-order valence-electron chi connectivity index (χ0n) is 16.8. The number of hydrazine groups is 1. The number of nitriles is 1. The molecule has 2 aromatic rings. The van der Waals surface area contributed by atoms with Gasteiger partial charge in [0.2, 0.25) is 10.0 Å². The number of benzene rings is 1. The monoisotopic (exact) mass is 428 g/mol. The number of amides is 2. The van der Waals surface area contributed by atoms with Crippen molar-refractivity contribution in [1.29, 1.82) is 5.26 Å². The molecule has 2 heterocycles. The van der Waals surface area contributed by atoms with Crippen LogP contribution in [0.15, 0.2) is 47.5 Å². The molecule has 0 radical (unpaired) electrons. The number of nitrogens with one attached hydrogen (secondary N) is 3. The van der Waals surface area contributed by atoms with Crippen LogP contribution < -0.4 is 16.2 Å². The SMILES string of the molecule is CC1CC(C)CN(S(=O)(=O)c2ccc(NNC(=O)Nc3cccc(C#N)c3)nc2)C1. The van der Waals surface area contributed by atoms with Gasteiger partial charge < -0.3 is 5.32 Å². The fourth-order valence-corrected chi connectivity index (χ4v) is 5.13. The Morgan fingerprint density at radius 2 is 1.93 bits per heavy atom. The highest BCUT2D eigenvalue weighted by Crippen LogP contribution is 2.26. The fourth-order valence-electron chi connectivity index (χ4n) is 3.51. The number of rotatable bonds is 5. The molecular weight excluding hydrogens is 404 g/mol. The highest BCUT2D eigenvalue weighted by molar-refractivity contribution is 7.89. The smallest absolute Gasteiger partial charge is 0.307 e. The highest BCUT2D eigenvalue weighted by Gasteiger charge is 2.31. The van der Waals surface area contributed by atoms with Crippen molar-refractivity contribution in [2.45, 2.75) is 25.2 Å². The van der Waals surface area contributed by atoms with Crippen molar-refractivity contribution in [3.8, 4) is 6.07 Å². The van der Waals surface area contributed by atoms with Crippen LogP contribution in [0.3, 0.4) is 0 Å². The Labute approximate surface area is 176 Å². The zero-order chi connectivity index (χ0) is 21.7. The maximum atomic E-state index is 12.9. The van der Waals surface area contributed by atoms with Gasteiger partial charge in [0, 0.05) is 25.0 Å². The van der Waals surface area contributed by atoms with E-state index in [0.717, 1.165) is 6.42 Å². The third-order valence-electron chi connectivity index (χ3n) is 4.76. The van der Waals surface area contributed by atoms with E-state index in [1.54, 1.807) is 24.3 Å². The molecule has 0 saturated carbocycles. The molecule has 1 aliphatic heterocycles. The summed E-state index contributed by atoms with van der Waals surface area (Å²) in [5.41, 5.74) is 5.92. The van der Waals surface area contributed by atoms with E-state index in [4.69, 9.17) is 5.26 Å². The zero-order valence-corrected chi connectivity index (χ0v) is 17.6. The van der Waals surface area contributed by atoms with Crippen molar-refractivity contribution in [3.05, 3.63) is 48.2 Å². The third kappa shape index (κ3) is 5.25. The van der Waals surface area contributed by atoms with Crippen LogP contribution in [0.5, 0.6) is 0 Å². The minimum absolute atomic E-state index is 0.118. The van der Waals surface area contributed by atoms with Gasteiger partial charge >= 0.3 is 6.03 Å². The summed E-state index contributed by atoms with van der Waals surface area (Å²) >= 11 is 0. The summed E-state index contributed by atoms with van der Waals surface area (Å²) in [7, 11) is -3.61. The van der Waals surface area contributed by atoms with Crippen LogP contribution in [-0.2, 0) is 10.0 Å². The predicted molar refractivity (Wildman–Crippen MR) is 113 cm³/mol. The lowest BCUT2D eigenvalue weighted by molar-refractivity contribution is 0.222. The van der Waals surface area contributed by atoms with Crippen molar-refractivity contribution in [3.63, 3.8) is 0 Å². The van der Waals surface area contributed by atoms with E-state index in [9.17, 15) is 13.2 Å². The van der Waals surface area contributed by atoms with E-state index in [1.165, 1.54) is 22.6 Å². The first-order valence-electron chi connectivity index (χ1n) is 9.57. The Kier molecular flexibility index (Phi) is 6.54. The molecule has 1 fully saturated rings. The van der Waals surface area contributed by atoms with E-state index in [-0.39, 0.29) is 10.7 Å².